The Labute approximate surface area is 112 Å². The molecule has 0 aromatic heterocycles. The maximum Gasteiger partial charge on any atom is 0.269 e. The zero-order chi connectivity index (χ0) is 14.4. The van der Waals surface area contributed by atoms with Crippen molar-refractivity contribution in [3.8, 4) is 0 Å². The van der Waals surface area contributed by atoms with Crippen molar-refractivity contribution in [3.05, 3.63) is 39.9 Å². The van der Waals surface area contributed by atoms with Gasteiger partial charge in [0, 0.05) is 25.2 Å². The molecule has 0 saturated carbocycles. The van der Waals surface area contributed by atoms with Crippen LogP contribution in [-0.2, 0) is 11.3 Å². The van der Waals surface area contributed by atoms with Gasteiger partial charge in [-0.05, 0) is 11.5 Å². The van der Waals surface area contributed by atoms with Crippen LogP contribution in [-0.4, -0.2) is 17.4 Å². The number of nitro groups is 1. The Morgan fingerprint density at radius 1 is 1.37 bits per heavy atom. The highest BCUT2D eigenvalue weighted by molar-refractivity contribution is 5.79. The van der Waals surface area contributed by atoms with E-state index >= 15 is 0 Å². The first-order chi connectivity index (χ1) is 8.95. The summed E-state index contributed by atoms with van der Waals surface area (Å²) in [5.74, 6) is -0.115. The average molecular weight is 265 g/mol. The average Bonchev–Trinajstić information content (AvgIpc) is 2.37. The summed E-state index contributed by atoms with van der Waals surface area (Å²) < 4.78 is 0. The molecule has 0 aliphatic carbocycles. The largest absolute Gasteiger partial charge is 0.352 e. The fraction of sp³-hybridized carbons (Fsp3) is 0.462. The third kappa shape index (κ3) is 4.33. The van der Waals surface area contributed by atoms with Crippen LogP contribution in [0.15, 0.2) is 24.3 Å². The second-order valence-electron chi connectivity index (χ2n) is 4.73. The van der Waals surface area contributed by atoms with Crippen molar-refractivity contribution < 1.29 is 9.72 Å². The fourth-order valence-corrected chi connectivity index (χ4v) is 1.74. The van der Waals surface area contributed by atoms with Crippen LogP contribution < -0.4 is 11.1 Å². The molecule has 0 spiro atoms. The molecule has 6 nitrogen and oxygen atoms in total. The molecule has 0 saturated heterocycles. The number of hydrogen-bond acceptors (Lipinski definition) is 4. The van der Waals surface area contributed by atoms with E-state index in [2.05, 4.69) is 5.32 Å². The first kappa shape index (κ1) is 15.1. The van der Waals surface area contributed by atoms with Gasteiger partial charge in [0.15, 0.2) is 0 Å². The zero-order valence-electron chi connectivity index (χ0n) is 11.1. The topological polar surface area (TPSA) is 98.3 Å². The van der Waals surface area contributed by atoms with E-state index in [-0.39, 0.29) is 23.4 Å². The second kappa shape index (κ2) is 6.84. The molecule has 0 aliphatic rings. The number of rotatable bonds is 6. The molecule has 1 atom stereocenters. The number of nitrogens with one attached hydrogen (secondary N) is 1. The Bertz CT molecular complexity index is 443. The van der Waals surface area contributed by atoms with E-state index in [1.54, 1.807) is 12.1 Å². The van der Waals surface area contributed by atoms with Crippen LogP contribution in [0.3, 0.4) is 0 Å². The summed E-state index contributed by atoms with van der Waals surface area (Å²) in [6.07, 6.45) is 0. The lowest BCUT2D eigenvalue weighted by atomic mass is 9.95. The highest BCUT2D eigenvalue weighted by atomic mass is 16.6. The summed E-state index contributed by atoms with van der Waals surface area (Å²) in [5.41, 5.74) is 6.42. The first-order valence-corrected chi connectivity index (χ1v) is 6.16. The quantitative estimate of drug-likeness (QED) is 0.600. The van der Waals surface area contributed by atoms with Crippen LogP contribution in [0.5, 0.6) is 0 Å². The second-order valence-corrected chi connectivity index (χ2v) is 4.73. The number of nitrogens with zero attached hydrogens (tertiary/aromatic N) is 1. The van der Waals surface area contributed by atoms with Gasteiger partial charge in [0.25, 0.3) is 5.69 Å². The summed E-state index contributed by atoms with van der Waals surface area (Å²) in [7, 11) is 0. The van der Waals surface area contributed by atoms with Gasteiger partial charge in [0.05, 0.1) is 10.8 Å². The minimum atomic E-state index is -0.453. The fourth-order valence-electron chi connectivity index (χ4n) is 1.74. The van der Waals surface area contributed by atoms with Gasteiger partial charge in [-0.3, -0.25) is 14.9 Å². The van der Waals surface area contributed by atoms with Crippen molar-refractivity contribution in [2.24, 2.45) is 17.6 Å². The molecule has 6 heteroatoms. The Balaban J connectivity index is 2.57. The minimum absolute atomic E-state index is 0.0390. The summed E-state index contributed by atoms with van der Waals surface area (Å²) >= 11 is 0. The van der Waals surface area contributed by atoms with Crippen LogP contribution in [0.25, 0.3) is 0 Å². The number of hydrogen-bond donors (Lipinski definition) is 2. The summed E-state index contributed by atoms with van der Waals surface area (Å²) in [6.45, 7) is 4.55. The molecule has 0 aliphatic heterocycles. The van der Waals surface area contributed by atoms with Crippen LogP contribution in [0.2, 0.25) is 0 Å². The predicted molar refractivity (Wildman–Crippen MR) is 72.3 cm³/mol. The number of nitro benzene ring substituents is 1. The van der Waals surface area contributed by atoms with E-state index in [4.69, 9.17) is 5.73 Å². The predicted octanol–water partition coefficient (Wildman–Crippen LogP) is 1.44. The molecule has 0 bridgehead atoms. The number of nitrogens with two attached hydrogens (primary N) is 1. The van der Waals surface area contributed by atoms with Gasteiger partial charge in [-0.15, -0.1) is 0 Å². The lowest BCUT2D eigenvalue weighted by Crippen LogP contribution is -2.37. The molecule has 1 aromatic rings. The minimum Gasteiger partial charge on any atom is -0.352 e. The van der Waals surface area contributed by atoms with Crippen molar-refractivity contribution in [2.45, 2.75) is 20.4 Å². The van der Waals surface area contributed by atoms with Crippen molar-refractivity contribution in [2.75, 3.05) is 6.54 Å². The molecule has 1 rings (SSSR count). The van der Waals surface area contributed by atoms with Gasteiger partial charge in [-0.2, -0.15) is 0 Å². The van der Waals surface area contributed by atoms with Crippen molar-refractivity contribution in [1.82, 2.24) is 5.32 Å². The maximum atomic E-state index is 11.9. The normalized spacial score (nSPS) is 12.2. The molecule has 0 radical (unpaired) electrons. The molecule has 3 N–H and O–H groups in total. The van der Waals surface area contributed by atoms with Crippen molar-refractivity contribution in [1.29, 1.82) is 0 Å². The lowest BCUT2D eigenvalue weighted by Gasteiger charge is -2.18. The van der Waals surface area contributed by atoms with Crippen LogP contribution >= 0.6 is 0 Å². The van der Waals surface area contributed by atoms with Crippen LogP contribution in [0.1, 0.15) is 19.4 Å². The molecule has 104 valence electrons. The van der Waals surface area contributed by atoms with E-state index in [0.717, 1.165) is 5.56 Å². The number of non-ortho nitro benzene ring substituents is 1. The Hall–Kier alpha value is -1.95. The molecular weight excluding hydrogens is 246 g/mol. The maximum absolute atomic E-state index is 11.9. The van der Waals surface area contributed by atoms with E-state index in [1.807, 2.05) is 13.8 Å². The van der Waals surface area contributed by atoms with Gasteiger partial charge in [-0.1, -0.05) is 26.0 Å². The SMILES string of the molecule is CC(C)C(CN)C(=O)NCc1ccc([N+](=O)[O-])cc1. The Morgan fingerprint density at radius 2 is 1.95 bits per heavy atom. The van der Waals surface area contributed by atoms with E-state index in [0.29, 0.717) is 13.1 Å². The highest BCUT2D eigenvalue weighted by Gasteiger charge is 2.19. The smallest absolute Gasteiger partial charge is 0.269 e. The van der Waals surface area contributed by atoms with Gasteiger partial charge in [0.1, 0.15) is 0 Å². The van der Waals surface area contributed by atoms with Crippen LogP contribution in [0.4, 0.5) is 5.69 Å². The lowest BCUT2D eigenvalue weighted by molar-refractivity contribution is -0.384. The van der Waals surface area contributed by atoms with Crippen molar-refractivity contribution >= 4 is 11.6 Å². The molecule has 1 amide bonds. The Kier molecular flexibility index (Phi) is 5.44. The number of carbonyl (C=O) groups excluding carboxylic acids is 1. The number of carbonyl (C=O) groups is 1. The van der Waals surface area contributed by atoms with Gasteiger partial charge in [-0.25, -0.2) is 0 Å². The molecule has 1 aromatic carbocycles. The van der Waals surface area contributed by atoms with Crippen LogP contribution in [0, 0.1) is 22.0 Å². The number of benzene rings is 1. The third-order valence-corrected chi connectivity index (χ3v) is 3.01. The third-order valence-electron chi connectivity index (χ3n) is 3.01. The standard InChI is InChI=1S/C13H19N3O3/c1-9(2)12(7-14)13(17)15-8-10-3-5-11(6-4-10)16(18)19/h3-6,9,12H,7-8,14H2,1-2H3,(H,15,17). The highest BCUT2D eigenvalue weighted by Crippen LogP contribution is 2.13. The van der Waals surface area contributed by atoms with Gasteiger partial charge in [0.2, 0.25) is 5.91 Å². The molecular formula is C13H19N3O3. The van der Waals surface area contributed by atoms with E-state index in [1.165, 1.54) is 12.1 Å². The molecule has 0 heterocycles. The molecule has 19 heavy (non-hydrogen) atoms. The first-order valence-electron chi connectivity index (χ1n) is 6.16. The molecule has 1 unspecified atom stereocenters. The van der Waals surface area contributed by atoms with E-state index in [9.17, 15) is 14.9 Å². The summed E-state index contributed by atoms with van der Waals surface area (Å²) in [5, 5.41) is 13.3. The Morgan fingerprint density at radius 3 is 2.37 bits per heavy atom. The summed E-state index contributed by atoms with van der Waals surface area (Å²) in [6, 6.07) is 6.10. The zero-order valence-corrected chi connectivity index (χ0v) is 11.1. The van der Waals surface area contributed by atoms with Gasteiger partial charge < -0.3 is 11.1 Å². The summed E-state index contributed by atoms with van der Waals surface area (Å²) in [4.78, 5) is 21.9. The number of amides is 1. The van der Waals surface area contributed by atoms with E-state index < -0.39 is 4.92 Å². The van der Waals surface area contributed by atoms with Gasteiger partial charge >= 0.3 is 0 Å². The molecule has 0 fully saturated rings. The van der Waals surface area contributed by atoms with Crippen molar-refractivity contribution in [3.63, 3.8) is 0 Å². The monoisotopic (exact) mass is 265 g/mol.